The lowest BCUT2D eigenvalue weighted by Gasteiger charge is -2.32. The molecule has 102 valence electrons. The average molecular weight is 256 g/mol. The molecule has 0 amide bonds. The highest BCUT2D eigenvalue weighted by atomic mass is 16.9. The van der Waals surface area contributed by atoms with Gasteiger partial charge >= 0.3 is 5.97 Å². The molecule has 0 radical (unpaired) electrons. The van der Waals surface area contributed by atoms with E-state index in [0.717, 1.165) is 0 Å². The lowest BCUT2D eigenvalue weighted by molar-refractivity contribution is -0.373. The van der Waals surface area contributed by atoms with Gasteiger partial charge < -0.3 is 19.3 Å². The molecule has 0 saturated heterocycles. The van der Waals surface area contributed by atoms with Gasteiger partial charge in [0.25, 0.3) is 5.97 Å². The maximum Gasteiger partial charge on any atom is 0.303 e. The number of hydrogen-bond acceptors (Lipinski definition) is 4. The Morgan fingerprint density at radius 2 is 1.39 bits per heavy atom. The Hall–Kier alpha value is -1.43. The lowest BCUT2D eigenvalue weighted by atomic mass is 10.2. The van der Waals surface area contributed by atoms with Crippen molar-refractivity contribution in [3.05, 3.63) is 38.0 Å². The van der Waals surface area contributed by atoms with E-state index < -0.39 is 11.9 Å². The largest absolute Gasteiger partial charge is 0.481 e. The minimum Gasteiger partial charge on any atom is -0.481 e. The molecule has 18 heavy (non-hydrogen) atoms. The zero-order valence-corrected chi connectivity index (χ0v) is 10.5. The van der Waals surface area contributed by atoms with Crippen LogP contribution in [0.3, 0.4) is 0 Å². The highest BCUT2D eigenvalue weighted by Crippen LogP contribution is 2.22. The van der Waals surface area contributed by atoms with Crippen molar-refractivity contribution in [3.63, 3.8) is 0 Å². The number of rotatable bonds is 12. The maximum atomic E-state index is 10.6. The SMILES string of the molecule is C=CCOC(CCC(=O)O)(OCC=C)OCC=C. The molecule has 0 aliphatic heterocycles. The van der Waals surface area contributed by atoms with E-state index in [0.29, 0.717) is 0 Å². The first kappa shape index (κ1) is 16.6. The van der Waals surface area contributed by atoms with Gasteiger partial charge in [0.2, 0.25) is 0 Å². The summed E-state index contributed by atoms with van der Waals surface area (Å²) in [6.07, 6.45) is 4.53. The Morgan fingerprint density at radius 1 is 1.00 bits per heavy atom. The minimum atomic E-state index is -1.41. The van der Waals surface area contributed by atoms with Crippen LogP contribution in [-0.4, -0.2) is 36.9 Å². The molecule has 0 aromatic rings. The van der Waals surface area contributed by atoms with E-state index in [1.165, 1.54) is 18.2 Å². The van der Waals surface area contributed by atoms with Crippen LogP contribution in [0.15, 0.2) is 38.0 Å². The Bertz CT molecular complexity index is 254. The molecular weight excluding hydrogens is 236 g/mol. The summed E-state index contributed by atoms with van der Waals surface area (Å²) in [5.41, 5.74) is 0. The normalized spacial score (nSPS) is 10.9. The van der Waals surface area contributed by atoms with Crippen molar-refractivity contribution < 1.29 is 24.1 Å². The molecular formula is C13H20O5. The van der Waals surface area contributed by atoms with Crippen LogP contribution in [-0.2, 0) is 19.0 Å². The second-order valence-corrected chi connectivity index (χ2v) is 3.38. The van der Waals surface area contributed by atoms with Gasteiger partial charge in [-0.05, 0) is 0 Å². The van der Waals surface area contributed by atoms with Crippen LogP contribution in [0.1, 0.15) is 12.8 Å². The summed E-state index contributed by atoms with van der Waals surface area (Å²) in [5, 5.41) is 8.73. The first-order valence-corrected chi connectivity index (χ1v) is 5.56. The van der Waals surface area contributed by atoms with Gasteiger partial charge in [0.15, 0.2) is 0 Å². The standard InChI is InChI=1S/C13H20O5/c1-4-9-16-13(17-10-5-2,18-11-6-3)8-7-12(14)15/h4-6H,1-3,7-11H2,(H,14,15). The zero-order valence-electron chi connectivity index (χ0n) is 10.5. The second-order valence-electron chi connectivity index (χ2n) is 3.38. The molecule has 0 saturated carbocycles. The van der Waals surface area contributed by atoms with Crippen LogP contribution in [0.5, 0.6) is 0 Å². The smallest absolute Gasteiger partial charge is 0.303 e. The summed E-state index contributed by atoms with van der Waals surface area (Å²) in [6, 6.07) is 0. The number of aliphatic carboxylic acids is 1. The highest BCUT2D eigenvalue weighted by molar-refractivity contribution is 5.66. The molecule has 0 atom stereocenters. The average Bonchev–Trinajstić information content (AvgIpc) is 2.37. The topological polar surface area (TPSA) is 65.0 Å². The number of carboxylic acid groups (broad SMARTS) is 1. The molecule has 1 N–H and O–H groups in total. The molecule has 0 fully saturated rings. The number of ether oxygens (including phenoxy) is 3. The minimum absolute atomic E-state index is 0.0673. The summed E-state index contributed by atoms with van der Waals surface area (Å²) < 4.78 is 16.2. The molecule has 0 aliphatic rings. The number of carbonyl (C=O) groups is 1. The number of hydrogen-bond donors (Lipinski definition) is 1. The molecule has 0 heterocycles. The number of carboxylic acids is 1. The van der Waals surface area contributed by atoms with Crippen LogP contribution in [0, 0.1) is 0 Å². The zero-order chi connectivity index (χ0) is 13.9. The fraction of sp³-hybridized carbons (Fsp3) is 0.462. The molecule has 0 bridgehead atoms. The van der Waals surface area contributed by atoms with E-state index >= 15 is 0 Å². The quantitative estimate of drug-likeness (QED) is 0.428. The third kappa shape index (κ3) is 7.01. The van der Waals surface area contributed by atoms with Crippen molar-refractivity contribution in [1.82, 2.24) is 0 Å². The van der Waals surface area contributed by atoms with Gasteiger partial charge in [0.1, 0.15) is 0 Å². The van der Waals surface area contributed by atoms with E-state index in [2.05, 4.69) is 19.7 Å². The van der Waals surface area contributed by atoms with E-state index in [4.69, 9.17) is 19.3 Å². The molecule has 0 unspecified atom stereocenters. The fourth-order valence-corrected chi connectivity index (χ4v) is 1.16. The predicted octanol–water partition coefficient (Wildman–Crippen LogP) is 2.11. The molecule has 0 aliphatic carbocycles. The summed E-state index contributed by atoms with van der Waals surface area (Å²) in [6.45, 7) is 11.1. The van der Waals surface area contributed by atoms with Gasteiger partial charge in [-0.25, -0.2) is 0 Å². The Kier molecular flexibility index (Phi) is 8.82. The van der Waals surface area contributed by atoms with Crippen LogP contribution >= 0.6 is 0 Å². The molecule has 0 spiro atoms. The first-order chi connectivity index (χ1) is 8.60. The van der Waals surface area contributed by atoms with Gasteiger partial charge in [-0.3, -0.25) is 4.79 Å². The Balaban J connectivity index is 4.70. The van der Waals surface area contributed by atoms with Crippen LogP contribution in [0.2, 0.25) is 0 Å². The van der Waals surface area contributed by atoms with Gasteiger partial charge in [0.05, 0.1) is 26.2 Å². The summed E-state index contributed by atoms with van der Waals surface area (Å²) in [5.74, 6) is -2.36. The molecule has 0 aromatic carbocycles. The van der Waals surface area contributed by atoms with Gasteiger partial charge in [0, 0.05) is 6.42 Å². The third-order valence-electron chi connectivity index (χ3n) is 1.91. The molecule has 0 rings (SSSR count). The Morgan fingerprint density at radius 3 is 1.67 bits per heavy atom. The summed E-state index contributed by atoms with van der Waals surface area (Å²) in [4.78, 5) is 10.6. The van der Waals surface area contributed by atoms with E-state index in [1.807, 2.05) is 0 Å². The Labute approximate surface area is 107 Å². The van der Waals surface area contributed by atoms with Gasteiger partial charge in [-0.2, -0.15) is 0 Å². The fourth-order valence-electron chi connectivity index (χ4n) is 1.16. The van der Waals surface area contributed by atoms with Crippen molar-refractivity contribution in [2.24, 2.45) is 0 Å². The van der Waals surface area contributed by atoms with E-state index in [9.17, 15) is 4.79 Å². The maximum absolute atomic E-state index is 10.6. The molecule has 0 aromatic heterocycles. The second kappa shape index (κ2) is 9.58. The highest BCUT2D eigenvalue weighted by Gasteiger charge is 2.33. The van der Waals surface area contributed by atoms with Crippen LogP contribution in [0.25, 0.3) is 0 Å². The monoisotopic (exact) mass is 256 g/mol. The van der Waals surface area contributed by atoms with Crippen molar-refractivity contribution >= 4 is 5.97 Å². The lowest BCUT2D eigenvalue weighted by Crippen LogP contribution is -2.40. The van der Waals surface area contributed by atoms with Gasteiger partial charge in [-0.1, -0.05) is 18.2 Å². The molecule has 5 nitrogen and oxygen atoms in total. The van der Waals surface area contributed by atoms with E-state index in [1.54, 1.807) is 0 Å². The first-order valence-electron chi connectivity index (χ1n) is 5.56. The summed E-state index contributed by atoms with van der Waals surface area (Å²) >= 11 is 0. The van der Waals surface area contributed by atoms with Crippen LogP contribution in [0.4, 0.5) is 0 Å². The summed E-state index contributed by atoms with van der Waals surface area (Å²) in [7, 11) is 0. The predicted molar refractivity (Wildman–Crippen MR) is 68.0 cm³/mol. The van der Waals surface area contributed by atoms with Crippen molar-refractivity contribution in [2.45, 2.75) is 18.8 Å². The third-order valence-corrected chi connectivity index (χ3v) is 1.91. The van der Waals surface area contributed by atoms with E-state index in [-0.39, 0.29) is 32.7 Å². The van der Waals surface area contributed by atoms with Gasteiger partial charge in [-0.15, -0.1) is 19.7 Å². The van der Waals surface area contributed by atoms with Crippen LogP contribution < -0.4 is 0 Å². The van der Waals surface area contributed by atoms with Crippen molar-refractivity contribution in [1.29, 1.82) is 0 Å². The van der Waals surface area contributed by atoms with Crippen molar-refractivity contribution in [3.8, 4) is 0 Å². The molecule has 5 heteroatoms. The van der Waals surface area contributed by atoms with Crippen molar-refractivity contribution in [2.75, 3.05) is 19.8 Å².